The highest BCUT2D eigenvalue weighted by Crippen LogP contribution is 2.27. The van der Waals surface area contributed by atoms with E-state index in [-0.39, 0.29) is 0 Å². The summed E-state index contributed by atoms with van der Waals surface area (Å²) >= 11 is 0. The Kier molecular flexibility index (Phi) is 6.20. The lowest BCUT2D eigenvalue weighted by atomic mass is 10.00. The Balaban J connectivity index is 1.94. The minimum atomic E-state index is 0.708. The maximum absolute atomic E-state index is 5.30. The smallest absolute Gasteiger partial charge is 0.0477 e. The zero-order valence-corrected chi connectivity index (χ0v) is 9.72. The van der Waals surface area contributed by atoms with Crippen molar-refractivity contribution in [1.29, 1.82) is 0 Å². The van der Waals surface area contributed by atoms with Crippen LogP contribution in [0, 0.1) is 5.92 Å². The molecule has 14 heavy (non-hydrogen) atoms. The molecule has 1 rings (SSSR count). The minimum Gasteiger partial charge on any atom is -0.382 e. The van der Waals surface area contributed by atoms with Crippen molar-refractivity contribution in [3.63, 3.8) is 0 Å². The maximum Gasteiger partial charge on any atom is 0.0477 e. The van der Waals surface area contributed by atoms with Gasteiger partial charge >= 0.3 is 0 Å². The fraction of sp³-hybridized carbons (Fsp3) is 1.00. The number of rotatable bonds is 7. The van der Waals surface area contributed by atoms with Crippen molar-refractivity contribution in [2.45, 2.75) is 52.0 Å². The van der Waals surface area contributed by atoms with E-state index in [9.17, 15) is 0 Å². The largest absolute Gasteiger partial charge is 0.382 e. The first kappa shape index (κ1) is 12.0. The van der Waals surface area contributed by atoms with Gasteiger partial charge in [-0.25, -0.2) is 0 Å². The van der Waals surface area contributed by atoms with Gasteiger partial charge in [0.1, 0.15) is 0 Å². The van der Waals surface area contributed by atoms with Crippen LogP contribution in [0.4, 0.5) is 0 Å². The summed E-state index contributed by atoms with van der Waals surface area (Å²) in [5.74, 6) is 0.932. The van der Waals surface area contributed by atoms with Crippen molar-refractivity contribution >= 4 is 0 Å². The van der Waals surface area contributed by atoms with E-state index < -0.39 is 0 Å². The molecule has 1 fully saturated rings. The van der Waals surface area contributed by atoms with Gasteiger partial charge in [0.15, 0.2) is 0 Å². The highest BCUT2D eigenvalue weighted by molar-refractivity contribution is 4.76. The summed E-state index contributed by atoms with van der Waals surface area (Å²) in [5, 5.41) is 3.60. The van der Waals surface area contributed by atoms with Gasteiger partial charge in [0.2, 0.25) is 0 Å². The van der Waals surface area contributed by atoms with Crippen molar-refractivity contribution in [2.24, 2.45) is 5.92 Å². The minimum absolute atomic E-state index is 0.708. The van der Waals surface area contributed by atoms with Crippen LogP contribution in [0.2, 0.25) is 0 Å². The van der Waals surface area contributed by atoms with Crippen molar-refractivity contribution < 1.29 is 4.74 Å². The molecule has 0 heterocycles. The second kappa shape index (κ2) is 7.24. The van der Waals surface area contributed by atoms with E-state index in [4.69, 9.17) is 4.74 Å². The fourth-order valence-corrected chi connectivity index (χ4v) is 2.27. The van der Waals surface area contributed by atoms with Crippen LogP contribution in [0.25, 0.3) is 0 Å². The molecule has 1 aliphatic rings. The molecule has 0 aromatic rings. The lowest BCUT2D eigenvalue weighted by Gasteiger charge is -2.20. The van der Waals surface area contributed by atoms with E-state index in [1.54, 1.807) is 0 Å². The van der Waals surface area contributed by atoms with Gasteiger partial charge in [-0.15, -0.1) is 0 Å². The first-order chi connectivity index (χ1) is 6.84. The second-order valence-electron chi connectivity index (χ2n) is 4.34. The molecule has 1 aliphatic carbocycles. The number of hydrogen-bond donors (Lipinski definition) is 1. The summed E-state index contributed by atoms with van der Waals surface area (Å²) in [4.78, 5) is 0. The molecule has 84 valence electrons. The van der Waals surface area contributed by atoms with E-state index in [0.717, 1.165) is 32.1 Å². The molecule has 0 aliphatic heterocycles. The van der Waals surface area contributed by atoms with Crippen molar-refractivity contribution in [3.8, 4) is 0 Å². The van der Waals surface area contributed by atoms with Crippen LogP contribution >= 0.6 is 0 Å². The monoisotopic (exact) mass is 199 g/mol. The third kappa shape index (κ3) is 4.43. The van der Waals surface area contributed by atoms with Crippen molar-refractivity contribution in [2.75, 3.05) is 19.8 Å². The van der Waals surface area contributed by atoms with Gasteiger partial charge in [-0.2, -0.15) is 0 Å². The van der Waals surface area contributed by atoms with E-state index in [2.05, 4.69) is 19.2 Å². The van der Waals surface area contributed by atoms with Crippen LogP contribution < -0.4 is 5.32 Å². The highest BCUT2D eigenvalue weighted by atomic mass is 16.5. The van der Waals surface area contributed by atoms with E-state index in [0.29, 0.717) is 6.04 Å². The number of ether oxygens (including phenoxy) is 1. The molecule has 0 bridgehead atoms. The lowest BCUT2D eigenvalue weighted by molar-refractivity contribution is 0.143. The van der Waals surface area contributed by atoms with Gasteiger partial charge in [0, 0.05) is 19.3 Å². The van der Waals surface area contributed by atoms with Gasteiger partial charge in [-0.05, 0) is 45.6 Å². The van der Waals surface area contributed by atoms with Gasteiger partial charge in [0.25, 0.3) is 0 Å². The zero-order valence-electron chi connectivity index (χ0n) is 9.72. The molecule has 1 atom stereocenters. The molecule has 2 heteroatoms. The molecular weight excluding hydrogens is 174 g/mol. The predicted octanol–water partition coefficient (Wildman–Crippen LogP) is 2.58. The SMILES string of the molecule is CCOCCCN[C@H](C)C1CCCC1. The number of hydrogen-bond acceptors (Lipinski definition) is 2. The average Bonchev–Trinajstić information content (AvgIpc) is 2.70. The van der Waals surface area contributed by atoms with Gasteiger partial charge in [-0.1, -0.05) is 12.8 Å². The van der Waals surface area contributed by atoms with Crippen LogP contribution in [-0.2, 0) is 4.74 Å². The Morgan fingerprint density at radius 2 is 2.07 bits per heavy atom. The van der Waals surface area contributed by atoms with Crippen molar-refractivity contribution in [3.05, 3.63) is 0 Å². The van der Waals surface area contributed by atoms with Crippen LogP contribution in [0.15, 0.2) is 0 Å². The van der Waals surface area contributed by atoms with Gasteiger partial charge < -0.3 is 10.1 Å². The summed E-state index contributed by atoms with van der Waals surface area (Å²) in [6.07, 6.45) is 6.88. The number of nitrogens with one attached hydrogen (secondary N) is 1. The molecule has 1 saturated carbocycles. The zero-order chi connectivity index (χ0) is 10.2. The molecule has 0 aromatic carbocycles. The topological polar surface area (TPSA) is 21.3 Å². The Hall–Kier alpha value is -0.0800. The van der Waals surface area contributed by atoms with Crippen LogP contribution in [-0.4, -0.2) is 25.8 Å². The summed E-state index contributed by atoms with van der Waals surface area (Å²) in [5.41, 5.74) is 0. The molecule has 0 amide bonds. The quantitative estimate of drug-likeness (QED) is 0.636. The first-order valence-corrected chi connectivity index (χ1v) is 6.15. The fourth-order valence-electron chi connectivity index (χ4n) is 2.27. The molecule has 0 aromatic heterocycles. The summed E-state index contributed by atoms with van der Waals surface area (Å²) in [7, 11) is 0. The lowest BCUT2D eigenvalue weighted by Crippen LogP contribution is -2.33. The van der Waals surface area contributed by atoms with Crippen molar-refractivity contribution in [1.82, 2.24) is 5.32 Å². The molecule has 0 radical (unpaired) electrons. The van der Waals surface area contributed by atoms with Crippen LogP contribution in [0.3, 0.4) is 0 Å². The molecule has 0 unspecified atom stereocenters. The van der Waals surface area contributed by atoms with E-state index in [1.165, 1.54) is 25.7 Å². The third-order valence-electron chi connectivity index (χ3n) is 3.24. The predicted molar refractivity (Wildman–Crippen MR) is 60.5 cm³/mol. The van der Waals surface area contributed by atoms with Crippen LogP contribution in [0.1, 0.15) is 46.0 Å². The molecule has 0 saturated heterocycles. The summed E-state index contributed by atoms with van der Waals surface area (Å²) in [6.45, 7) is 7.24. The summed E-state index contributed by atoms with van der Waals surface area (Å²) in [6, 6.07) is 0.708. The Bertz CT molecular complexity index is 132. The van der Waals surface area contributed by atoms with Gasteiger partial charge in [-0.3, -0.25) is 0 Å². The first-order valence-electron chi connectivity index (χ1n) is 6.15. The van der Waals surface area contributed by atoms with E-state index in [1.807, 2.05) is 0 Å². The Morgan fingerprint density at radius 3 is 2.71 bits per heavy atom. The average molecular weight is 199 g/mol. The highest BCUT2D eigenvalue weighted by Gasteiger charge is 2.20. The molecule has 0 spiro atoms. The Morgan fingerprint density at radius 1 is 1.36 bits per heavy atom. The van der Waals surface area contributed by atoms with Gasteiger partial charge in [0.05, 0.1) is 0 Å². The maximum atomic E-state index is 5.30. The molecular formula is C12H25NO. The summed E-state index contributed by atoms with van der Waals surface area (Å²) < 4.78 is 5.30. The molecule has 1 N–H and O–H groups in total. The standard InChI is InChI=1S/C12H25NO/c1-3-14-10-6-9-13-11(2)12-7-4-5-8-12/h11-13H,3-10H2,1-2H3/t11-/m1/s1. The third-order valence-corrected chi connectivity index (χ3v) is 3.24. The van der Waals surface area contributed by atoms with Crippen LogP contribution in [0.5, 0.6) is 0 Å². The second-order valence-corrected chi connectivity index (χ2v) is 4.34. The normalized spacial score (nSPS) is 20.1. The van der Waals surface area contributed by atoms with E-state index >= 15 is 0 Å². The molecule has 2 nitrogen and oxygen atoms in total. The Labute approximate surface area is 88.4 Å².